The number of ether oxygens (including phenoxy) is 3. The van der Waals surface area contributed by atoms with Gasteiger partial charge in [0.15, 0.2) is 11.5 Å². The van der Waals surface area contributed by atoms with Gasteiger partial charge in [0, 0.05) is 18.3 Å². The Bertz CT molecular complexity index is 631. The van der Waals surface area contributed by atoms with Crippen LogP contribution in [0, 0.1) is 0 Å². The molecule has 5 nitrogen and oxygen atoms in total. The highest BCUT2D eigenvalue weighted by Crippen LogP contribution is 2.32. The second-order valence-electron chi connectivity index (χ2n) is 4.91. The maximum atomic E-state index is 5.75. The van der Waals surface area contributed by atoms with Crippen LogP contribution >= 0.6 is 0 Å². The lowest BCUT2D eigenvalue weighted by molar-refractivity contribution is 0.174. The molecule has 5 heteroatoms. The third-order valence-electron chi connectivity index (χ3n) is 3.52. The molecule has 1 atom stereocenters. The summed E-state index contributed by atoms with van der Waals surface area (Å²) in [4.78, 5) is 4.24. The quantitative estimate of drug-likeness (QED) is 0.915. The van der Waals surface area contributed by atoms with Crippen molar-refractivity contribution >= 4 is 0 Å². The first kappa shape index (κ1) is 13.7. The van der Waals surface area contributed by atoms with Crippen LogP contribution in [-0.4, -0.2) is 18.8 Å². The Kier molecular flexibility index (Phi) is 3.92. The number of nitrogens with one attached hydrogen (secondary N) is 1. The molecule has 0 aliphatic carbocycles. The lowest BCUT2D eigenvalue weighted by Crippen LogP contribution is -2.12. The summed E-state index contributed by atoms with van der Waals surface area (Å²) in [6.45, 7) is 2.82. The van der Waals surface area contributed by atoms with Gasteiger partial charge in [0.05, 0.1) is 0 Å². The second-order valence-corrected chi connectivity index (χ2v) is 4.91. The Labute approximate surface area is 123 Å². The fraction of sp³-hybridized carbons (Fsp3) is 0.312. The van der Waals surface area contributed by atoms with E-state index in [1.165, 1.54) is 0 Å². The molecule has 1 aliphatic rings. The number of pyridine rings is 1. The van der Waals surface area contributed by atoms with Crippen molar-refractivity contribution in [2.75, 3.05) is 13.8 Å². The van der Waals surface area contributed by atoms with E-state index >= 15 is 0 Å². The molecule has 1 aromatic heterocycles. The van der Waals surface area contributed by atoms with Crippen LogP contribution in [0.15, 0.2) is 36.5 Å². The van der Waals surface area contributed by atoms with Crippen molar-refractivity contribution in [2.45, 2.75) is 19.6 Å². The van der Waals surface area contributed by atoms with Crippen molar-refractivity contribution in [3.05, 3.63) is 47.7 Å². The molecule has 0 radical (unpaired) electrons. The van der Waals surface area contributed by atoms with Gasteiger partial charge in [-0.05, 0) is 43.3 Å². The van der Waals surface area contributed by atoms with Crippen LogP contribution in [0.3, 0.4) is 0 Å². The van der Waals surface area contributed by atoms with E-state index in [1.54, 1.807) is 6.20 Å². The minimum absolute atomic E-state index is 0.265. The normalized spacial score (nSPS) is 14.0. The standard InChI is InChI=1S/C16H18N2O3/c1-11(17-2)13-5-6-18-16(8-13)19-9-12-3-4-14-15(7-12)21-10-20-14/h3-8,11,17H,9-10H2,1-2H3. The highest BCUT2D eigenvalue weighted by atomic mass is 16.7. The predicted octanol–water partition coefficient (Wildman–Crippen LogP) is 2.67. The summed E-state index contributed by atoms with van der Waals surface area (Å²) in [5, 5.41) is 3.20. The first-order valence-corrected chi connectivity index (χ1v) is 6.91. The van der Waals surface area contributed by atoms with Crippen molar-refractivity contribution in [3.63, 3.8) is 0 Å². The summed E-state index contributed by atoms with van der Waals surface area (Å²) in [5.74, 6) is 2.16. The van der Waals surface area contributed by atoms with E-state index in [1.807, 2.05) is 37.4 Å². The van der Waals surface area contributed by atoms with E-state index in [0.717, 1.165) is 22.6 Å². The highest BCUT2D eigenvalue weighted by molar-refractivity contribution is 5.44. The molecule has 1 N–H and O–H groups in total. The van der Waals surface area contributed by atoms with Gasteiger partial charge in [0.2, 0.25) is 12.7 Å². The number of benzene rings is 1. The molecule has 2 aromatic rings. The molecule has 0 bridgehead atoms. The molecule has 110 valence electrons. The molecule has 3 rings (SSSR count). The van der Waals surface area contributed by atoms with E-state index in [9.17, 15) is 0 Å². The molecule has 0 amide bonds. The number of fused-ring (bicyclic) bond motifs is 1. The molecule has 0 spiro atoms. The number of aromatic nitrogens is 1. The summed E-state index contributed by atoms with van der Waals surface area (Å²) in [5.41, 5.74) is 2.17. The third kappa shape index (κ3) is 3.08. The van der Waals surface area contributed by atoms with Gasteiger partial charge in [0.1, 0.15) is 6.61 Å². The van der Waals surface area contributed by atoms with Gasteiger partial charge < -0.3 is 19.5 Å². The zero-order valence-electron chi connectivity index (χ0n) is 12.1. The Morgan fingerprint density at radius 2 is 2.10 bits per heavy atom. The predicted molar refractivity (Wildman–Crippen MR) is 78.6 cm³/mol. The third-order valence-corrected chi connectivity index (χ3v) is 3.52. The van der Waals surface area contributed by atoms with Crippen molar-refractivity contribution in [1.82, 2.24) is 10.3 Å². The van der Waals surface area contributed by atoms with Crippen molar-refractivity contribution in [1.29, 1.82) is 0 Å². The van der Waals surface area contributed by atoms with Crippen LogP contribution in [0.5, 0.6) is 17.4 Å². The SMILES string of the molecule is CNC(C)c1ccnc(OCc2ccc3c(c2)OCO3)c1. The molecule has 1 aliphatic heterocycles. The van der Waals surface area contributed by atoms with Crippen molar-refractivity contribution < 1.29 is 14.2 Å². The molecular formula is C16H18N2O3. The number of nitrogens with zero attached hydrogens (tertiary/aromatic N) is 1. The minimum Gasteiger partial charge on any atom is -0.473 e. The average Bonchev–Trinajstić information content (AvgIpc) is 3.00. The van der Waals surface area contributed by atoms with E-state index in [-0.39, 0.29) is 12.8 Å². The summed E-state index contributed by atoms with van der Waals surface area (Å²) in [7, 11) is 1.93. The van der Waals surface area contributed by atoms with E-state index in [2.05, 4.69) is 17.2 Å². The van der Waals surface area contributed by atoms with Crippen LogP contribution in [-0.2, 0) is 6.61 Å². The second kappa shape index (κ2) is 6.01. The zero-order valence-corrected chi connectivity index (χ0v) is 12.1. The lowest BCUT2D eigenvalue weighted by atomic mass is 10.1. The number of hydrogen-bond acceptors (Lipinski definition) is 5. The highest BCUT2D eigenvalue weighted by Gasteiger charge is 2.13. The van der Waals surface area contributed by atoms with Gasteiger partial charge in [-0.15, -0.1) is 0 Å². The average molecular weight is 286 g/mol. The Balaban J connectivity index is 1.67. The van der Waals surface area contributed by atoms with E-state index in [0.29, 0.717) is 12.5 Å². The number of hydrogen-bond donors (Lipinski definition) is 1. The maximum absolute atomic E-state index is 5.75. The minimum atomic E-state index is 0.265. The Morgan fingerprint density at radius 3 is 2.95 bits per heavy atom. The lowest BCUT2D eigenvalue weighted by Gasteiger charge is -2.12. The van der Waals surface area contributed by atoms with Crippen LogP contribution in [0.4, 0.5) is 0 Å². The van der Waals surface area contributed by atoms with Crippen LogP contribution in [0.25, 0.3) is 0 Å². The Hall–Kier alpha value is -2.27. The van der Waals surface area contributed by atoms with Crippen LogP contribution in [0.1, 0.15) is 24.1 Å². The largest absolute Gasteiger partial charge is 0.473 e. The summed E-state index contributed by atoms with van der Waals surface area (Å²) in [6, 6.07) is 9.99. The van der Waals surface area contributed by atoms with Crippen molar-refractivity contribution in [3.8, 4) is 17.4 Å². The fourth-order valence-corrected chi connectivity index (χ4v) is 2.13. The molecule has 1 aromatic carbocycles. The zero-order chi connectivity index (χ0) is 14.7. The van der Waals surface area contributed by atoms with Gasteiger partial charge in [0.25, 0.3) is 0 Å². The first-order chi connectivity index (χ1) is 10.3. The molecular weight excluding hydrogens is 268 g/mol. The Morgan fingerprint density at radius 1 is 1.24 bits per heavy atom. The van der Waals surface area contributed by atoms with Gasteiger partial charge >= 0.3 is 0 Å². The van der Waals surface area contributed by atoms with Crippen LogP contribution < -0.4 is 19.5 Å². The monoisotopic (exact) mass is 286 g/mol. The van der Waals surface area contributed by atoms with Crippen LogP contribution in [0.2, 0.25) is 0 Å². The fourth-order valence-electron chi connectivity index (χ4n) is 2.13. The molecule has 21 heavy (non-hydrogen) atoms. The number of rotatable bonds is 5. The molecule has 0 saturated heterocycles. The summed E-state index contributed by atoms with van der Waals surface area (Å²) >= 11 is 0. The summed E-state index contributed by atoms with van der Waals surface area (Å²) in [6.07, 6.45) is 1.76. The van der Waals surface area contributed by atoms with Gasteiger partial charge in [-0.25, -0.2) is 4.98 Å². The molecule has 2 heterocycles. The maximum Gasteiger partial charge on any atom is 0.231 e. The van der Waals surface area contributed by atoms with Gasteiger partial charge in [-0.2, -0.15) is 0 Å². The van der Waals surface area contributed by atoms with Crippen molar-refractivity contribution in [2.24, 2.45) is 0 Å². The smallest absolute Gasteiger partial charge is 0.231 e. The van der Waals surface area contributed by atoms with Gasteiger partial charge in [-0.3, -0.25) is 0 Å². The van der Waals surface area contributed by atoms with E-state index < -0.39 is 0 Å². The molecule has 1 unspecified atom stereocenters. The van der Waals surface area contributed by atoms with E-state index in [4.69, 9.17) is 14.2 Å². The first-order valence-electron chi connectivity index (χ1n) is 6.91. The van der Waals surface area contributed by atoms with Gasteiger partial charge in [-0.1, -0.05) is 6.07 Å². The topological polar surface area (TPSA) is 52.6 Å². The summed E-state index contributed by atoms with van der Waals surface area (Å²) < 4.78 is 16.4. The molecule has 0 fully saturated rings. The molecule has 0 saturated carbocycles.